The molecule has 18 heavy (non-hydrogen) atoms. The van der Waals surface area contributed by atoms with Crippen molar-refractivity contribution in [3.05, 3.63) is 0 Å². The lowest BCUT2D eigenvalue weighted by Gasteiger charge is -2.59. The van der Waals surface area contributed by atoms with Crippen LogP contribution in [0.2, 0.25) is 0 Å². The van der Waals surface area contributed by atoms with Gasteiger partial charge in [-0.25, -0.2) is 0 Å². The summed E-state index contributed by atoms with van der Waals surface area (Å²) in [5.74, 6) is 1.92. The van der Waals surface area contributed by atoms with E-state index in [-0.39, 0.29) is 10.3 Å². The van der Waals surface area contributed by atoms with E-state index in [0.29, 0.717) is 5.91 Å². The molecule has 0 N–H and O–H groups in total. The normalized spacial score (nSPS) is 49.9. The molecule has 3 heteroatoms. The van der Waals surface area contributed by atoms with Crippen LogP contribution < -0.4 is 0 Å². The maximum absolute atomic E-state index is 12.9. The molecule has 4 aliphatic carbocycles. The predicted molar refractivity (Wildman–Crippen MR) is 71.5 cm³/mol. The SMILES string of the molecule is O=C(N1CCCC1)C12C[C@H]3C[C@@H](CC(Cl)(C3)C1)C2. The highest BCUT2D eigenvalue weighted by Crippen LogP contribution is 2.64. The number of carbonyl (C=O) groups is 1. The van der Waals surface area contributed by atoms with Gasteiger partial charge in [0.2, 0.25) is 5.91 Å². The van der Waals surface area contributed by atoms with Crippen molar-refractivity contribution in [2.45, 2.75) is 56.2 Å². The largest absolute Gasteiger partial charge is 0.342 e. The summed E-state index contributed by atoms with van der Waals surface area (Å²) in [4.78, 5) is 15.0. The number of rotatable bonds is 1. The van der Waals surface area contributed by atoms with Gasteiger partial charge >= 0.3 is 0 Å². The fourth-order valence-corrected chi connectivity index (χ4v) is 6.35. The summed E-state index contributed by atoms with van der Waals surface area (Å²) in [6.07, 6.45) is 9.29. The maximum Gasteiger partial charge on any atom is 0.228 e. The third-order valence-electron chi connectivity index (χ3n) is 5.84. The third-order valence-corrected chi connectivity index (χ3v) is 6.28. The lowest BCUT2D eigenvalue weighted by atomic mass is 9.49. The summed E-state index contributed by atoms with van der Waals surface area (Å²) < 4.78 is 0. The van der Waals surface area contributed by atoms with Crippen molar-refractivity contribution in [1.29, 1.82) is 0 Å². The third kappa shape index (κ3) is 1.57. The van der Waals surface area contributed by atoms with Crippen molar-refractivity contribution in [2.24, 2.45) is 17.3 Å². The molecule has 4 saturated carbocycles. The fraction of sp³-hybridized carbons (Fsp3) is 0.933. The predicted octanol–water partition coefficient (Wildman–Crippen LogP) is 3.19. The molecule has 2 atom stereocenters. The first-order chi connectivity index (χ1) is 8.59. The van der Waals surface area contributed by atoms with Crippen LogP contribution in [0.15, 0.2) is 0 Å². The Labute approximate surface area is 114 Å². The molecule has 2 nitrogen and oxygen atoms in total. The second-order valence-electron chi connectivity index (χ2n) is 7.39. The molecule has 5 rings (SSSR count). The minimum absolute atomic E-state index is 0.0283. The first-order valence-electron chi connectivity index (χ1n) is 7.57. The van der Waals surface area contributed by atoms with Crippen molar-refractivity contribution in [2.75, 3.05) is 13.1 Å². The molecule has 1 aliphatic heterocycles. The van der Waals surface area contributed by atoms with Crippen LogP contribution in [-0.2, 0) is 4.79 Å². The monoisotopic (exact) mass is 267 g/mol. The van der Waals surface area contributed by atoms with E-state index < -0.39 is 0 Å². The molecular weight excluding hydrogens is 246 g/mol. The van der Waals surface area contributed by atoms with Crippen LogP contribution in [0.4, 0.5) is 0 Å². The number of amides is 1. The highest BCUT2D eigenvalue weighted by molar-refractivity contribution is 6.24. The summed E-state index contributed by atoms with van der Waals surface area (Å²) >= 11 is 6.80. The molecule has 1 saturated heterocycles. The highest BCUT2D eigenvalue weighted by Gasteiger charge is 2.60. The van der Waals surface area contributed by atoms with Gasteiger partial charge in [-0.2, -0.15) is 0 Å². The molecule has 0 aromatic heterocycles. The first-order valence-corrected chi connectivity index (χ1v) is 7.95. The zero-order valence-corrected chi connectivity index (χ0v) is 11.7. The topological polar surface area (TPSA) is 20.3 Å². The Bertz CT molecular complexity index is 374. The highest BCUT2D eigenvalue weighted by atomic mass is 35.5. The number of nitrogens with zero attached hydrogens (tertiary/aromatic N) is 1. The van der Waals surface area contributed by atoms with Crippen molar-refractivity contribution in [1.82, 2.24) is 4.90 Å². The first kappa shape index (κ1) is 11.6. The molecule has 1 amide bonds. The van der Waals surface area contributed by atoms with Gasteiger partial charge in [0, 0.05) is 18.0 Å². The summed E-state index contributed by atoms with van der Waals surface area (Å²) in [7, 11) is 0. The Kier molecular flexibility index (Phi) is 2.35. The van der Waals surface area contributed by atoms with Crippen LogP contribution in [0.3, 0.4) is 0 Å². The van der Waals surface area contributed by atoms with Gasteiger partial charge in [0.1, 0.15) is 0 Å². The van der Waals surface area contributed by atoms with Crippen LogP contribution in [0.1, 0.15) is 51.4 Å². The van der Waals surface area contributed by atoms with Gasteiger partial charge in [0.25, 0.3) is 0 Å². The molecule has 4 bridgehead atoms. The smallest absolute Gasteiger partial charge is 0.228 e. The van der Waals surface area contributed by atoms with E-state index in [0.717, 1.165) is 44.2 Å². The summed E-state index contributed by atoms with van der Waals surface area (Å²) in [6.45, 7) is 1.98. The van der Waals surface area contributed by atoms with Crippen molar-refractivity contribution >= 4 is 17.5 Å². The van der Waals surface area contributed by atoms with E-state index in [9.17, 15) is 4.79 Å². The fourth-order valence-electron chi connectivity index (χ4n) is 5.66. The van der Waals surface area contributed by atoms with Gasteiger partial charge in [0.15, 0.2) is 0 Å². The number of hydrogen-bond donors (Lipinski definition) is 0. The molecule has 100 valence electrons. The maximum atomic E-state index is 12.9. The lowest BCUT2D eigenvalue weighted by molar-refractivity contribution is -0.154. The second-order valence-corrected chi connectivity index (χ2v) is 8.19. The lowest BCUT2D eigenvalue weighted by Crippen LogP contribution is -2.58. The Morgan fingerprint density at radius 3 is 2.22 bits per heavy atom. The van der Waals surface area contributed by atoms with Crippen LogP contribution in [-0.4, -0.2) is 28.8 Å². The van der Waals surface area contributed by atoms with Crippen LogP contribution in [0.25, 0.3) is 0 Å². The van der Waals surface area contributed by atoms with E-state index in [1.807, 2.05) is 0 Å². The number of likely N-dealkylation sites (tertiary alicyclic amines) is 1. The van der Waals surface area contributed by atoms with Crippen LogP contribution in [0.5, 0.6) is 0 Å². The van der Waals surface area contributed by atoms with Gasteiger partial charge in [-0.15, -0.1) is 11.6 Å². The van der Waals surface area contributed by atoms with Gasteiger partial charge < -0.3 is 4.90 Å². The van der Waals surface area contributed by atoms with Crippen molar-refractivity contribution in [3.63, 3.8) is 0 Å². The molecule has 0 aromatic carbocycles. The Hall–Kier alpha value is -0.240. The molecule has 0 radical (unpaired) electrons. The molecule has 1 heterocycles. The molecule has 0 spiro atoms. The quantitative estimate of drug-likeness (QED) is 0.668. The van der Waals surface area contributed by atoms with Crippen molar-refractivity contribution in [3.8, 4) is 0 Å². The van der Waals surface area contributed by atoms with Crippen molar-refractivity contribution < 1.29 is 4.79 Å². The van der Waals surface area contributed by atoms with E-state index in [1.54, 1.807) is 0 Å². The Balaban J connectivity index is 1.64. The molecule has 0 aromatic rings. The summed E-state index contributed by atoms with van der Waals surface area (Å²) in [5.41, 5.74) is -0.0594. The van der Waals surface area contributed by atoms with Gasteiger partial charge in [-0.05, 0) is 63.2 Å². The second kappa shape index (κ2) is 3.65. The van der Waals surface area contributed by atoms with Gasteiger partial charge in [-0.3, -0.25) is 4.79 Å². The number of carbonyl (C=O) groups excluding carboxylic acids is 1. The average Bonchev–Trinajstić information content (AvgIpc) is 2.77. The van der Waals surface area contributed by atoms with E-state index >= 15 is 0 Å². The minimum Gasteiger partial charge on any atom is -0.342 e. The molecule has 5 fully saturated rings. The molecule has 5 aliphatic rings. The molecular formula is C15H22ClNO. The van der Waals surface area contributed by atoms with E-state index in [1.165, 1.54) is 32.1 Å². The number of alkyl halides is 1. The average molecular weight is 268 g/mol. The van der Waals surface area contributed by atoms with Crippen LogP contribution >= 0.6 is 11.6 Å². The number of hydrogen-bond acceptors (Lipinski definition) is 1. The Morgan fingerprint density at radius 1 is 1.06 bits per heavy atom. The minimum atomic E-state index is -0.0594. The zero-order chi connectivity index (χ0) is 12.4. The van der Waals surface area contributed by atoms with Gasteiger partial charge in [-0.1, -0.05) is 0 Å². The standard InChI is InChI=1S/C15H22ClNO/c16-15-8-11-5-12(9-15)7-14(6-11,10-15)13(18)17-3-1-2-4-17/h11-12H,1-10H2/t11-,12-,14?,15?/m1/s1. The summed E-state index contributed by atoms with van der Waals surface area (Å²) in [6, 6.07) is 0. The van der Waals surface area contributed by atoms with E-state index in [2.05, 4.69) is 4.90 Å². The van der Waals surface area contributed by atoms with Gasteiger partial charge in [0.05, 0.1) is 5.41 Å². The zero-order valence-electron chi connectivity index (χ0n) is 11.0. The number of halogens is 1. The van der Waals surface area contributed by atoms with E-state index in [4.69, 9.17) is 11.6 Å². The molecule has 0 unspecified atom stereocenters. The van der Waals surface area contributed by atoms with Crippen LogP contribution in [0, 0.1) is 17.3 Å². The Morgan fingerprint density at radius 2 is 1.67 bits per heavy atom. The summed E-state index contributed by atoms with van der Waals surface area (Å²) in [5, 5.41) is 0.